The number of carbonyl (C=O) groups excluding carboxylic acids is 1. The molecule has 0 saturated heterocycles. The minimum absolute atomic E-state index is 0.0523. The molecule has 2 aromatic rings. The van der Waals surface area contributed by atoms with E-state index in [1.54, 1.807) is 14.0 Å². The van der Waals surface area contributed by atoms with Crippen LogP contribution in [-0.4, -0.2) is 19.2 Å². The summed E-state index contributed by atoms with van der Waals surface area (Å²) >= 11 is 0. The standard InChI is InChI=1S/C22H30O3/c1-5-7-8-14-18(6-2)25-21(23)22(3,24-4)20-16-11-13-17-12-9-10-15-19(17)20/h9-13,15-16,18H,5-8,14H2,1-4H3/t18-,22+/m1/s1. The Bertz CT molecular complexity index is 689. The lowest BCUT2D eigenvalue weighted by molar-refractivity contribution is -0.174. The SMILES string of the molecule is CCCCC[C@@H](CC)OC(=O)[C@@](C)(OC)c1cccc2ccccc12. The Hall–Kier alpha value is -1.87. The molecule has 25 heavy (non-hydrogen) atoms. The number of hydrogen-bond acceptors (Lipinski definition) is 3. The summed E-state index contributed by atoms with van der Waals surface area (Å²) < 4.78 is 11.5. The molecule has 0 bridgehead atoms. The number of hydrogen-bond donors (Lipinski definition) is 0. The van der Waals surface area contributed by atoms with E-state index < -0.39 is 5.60 Å². The van der Waals surface area contributed by atoms with Gasteiger partial charge >= 0.3 is 5.97 Å². The van der Waals surface area contributed by atoms with Gasteiger partial charge in [-0.2, -0.15) is 0 Å². The lowest BCUT2D eigenvalue weighted by Gasteiger charge is -2.30. The minimum atomic E-state index is -1.11. The first-order valence-corrected chi connectivity index (χ1v) is 9.31. The molecule has 0 aliphatic carbocycles. The van der Waals surface area contributed by atoms with Crippen LogP contribution in [0, 0.1) is 0 Å². The maximum atomic E-state index is 13.0. The van der Waals surface area contributed by atoms with E-state index in [9.17, 15) is 4.79 Å². The molecule has 2 atom stereocenters. The molecule has 0 saturated carbocycles. The summed E-state index contributed by atoms with van der Waals surface area (Å²) in [7, 11) is 1.57. The van der Waals surface area contributed by atoms with Crippen molar-refractivity contribution in [3.8, 4) is 0 Å². The number of benzene rings is 2. The van der Waals surface area contributed by atoms with Crippen molar-refractivity contribution in [3.63, 3.8) is 0 Å². The van der Waals surface area contributed by atoms with Gasteiger partial charge in [-0.25, -0.2) is 4.79 Å². The number of fused-ring (bicyclic) bond motifs is 1. The summed E-state index contributed by atoms with van der Waals surface area (Å²) in [6.45, 7) is 6.04. The molecule has 0 fully saturated rings. The quantitative estimate of drug-likeness (QED) is 0.439. The summed E-state index contributed by atoms with van der Waals surface area (Å²) in [5, 5.41) is 2.11. The van der Waals surface area contributed by atoms with E-state index in [2.05, 4.69) is 13.8 Å². The highest BCUT2D eigenvalue weighted by atomic mass is 16.6. The van der Waals surface area contributed by atoms with Crippen molar-refractivity contribution >= 4 is 16.7 Å². The van der Waals surface area contributed by atoms with E-state index >= 15 is 0 Å². The number of carbonyl (C=O) groups is 1. The first kappa shape index (κ1) is 19.5. The molecule has 2 aromatic carbocycles. The second-order valence-corrected chi connectivity index (χ2v) is 6.70. The van der Waals surface area contributed by atoms with Gasteiger partial charge in [-0.1, -0.05) is 69.2 Å². The number of rotatable bonds is 9. The minimum Gasteiger partial charge on any atom is -0.460 e. The lowest BCUT2D eigenvalue weighted by Crippen LogP contribution is -2.38. The van der Waals surface area contributed by atoms with E-state index in [1.807, 2.05) is 42.5 Å². The fourth-order valence-corrected chi connectivity index (χ4v) is 3.18. The van der Waals surface area contributed by atoms with Gasteiger partial charge < -0.3 is 9.47 Å². The van der Waals surface area contributed by atoms with Gasteiger partial charge in [-0.15, -0.1) is 0 Å². The highest BCUT2D eigenvalue weighted by molar-refractivity contribution is 5.92. The second-order valence-electron chi connectivity index (χ2n) is 6.70. The third-order valence-electron chi connectivity index (χ3n) is 4.96. The molecule has 0 amide bonds. The van der Waals surface area contributed by atoms with Crippen LogP contribution < -0.4 is 0 Å². The Morgan fingerprint density at radius 3 is 2.48 bits per heavy atom. The largest absolute Gasteiger partial charge is 0.460 e. The normalized spacial score (nSPS) is 14.9. The molecule has 0 radical (unpaired) electrons. The third-order valence-corrected chi connectivity index (χ3v) is 4.96. The average Bonchev–Trinajstić information content (AvgIpc) is 2.66. The lowest BCUT2D eigenvalue weighted by atomic mass is 9.90. The fraction of sp³-hybridized carbons (Fsp3) is 0.500. The van der Waals surface area contributed by atoms with Crippen LogP contribution in [-0.2, 0) is 19.9 Å². The van der Waals surface area contributed by atoms with Crippen LogP contribution >= 0.6 is 0 Å². The molecule has 3 nitrogen and oxygen atoms in total. The summed E-state index contributed by atoms with van der Waals surface area (Å²) in [6, 6.07) is 14.0. The summed E-state index contributed by atoms with van der Waals surface area (Å²) in [4.78, 5) is 13.0. The van der Waals surface area contributed by atoms with Crippen molar-refractivity contribution in [1.82, 2.24) is 0 Å². The zero-order chi connectivity index (χ0) is 18.3. The zero-order valence-corrected chi connectivity index (χ0v) is 15.9. The Balaban J connectivity index is 2.27. The molecule has 0 unspecified atom stereocenters. The maximum Gasteiger partial charge on any atom is 0.343 e. The Morgan fingerprint density at radius 1 is 1.08 bits per heavy atom. The van der Waals surface area contributed by atoms with Crippen LogP contribution in [0.4, 0.5) is 0 Å². The predicted molar refractivity (Wildman–Crippen MR) is 103 cm³/mol. The first-order valence-electron chi connectivity index (χ1n) is 9.31. The molecule has 0 aliphatic rings. The summed E-state index contributed by atoms with van der Waals surface area (Å²) in [5.74, 6) is -0.310. The van der Waals surface area contributed by atoms with Crippen molar-refractivity contribution < 1.29 is 14.3 Å². The summed E-state index contributed by atoms with van der Waals surface area (Å²) in [5.41, 5.74) is -0.263. The fourth-order valence-electron chi connectivity index (χ4n) is 3.18. The van der Waals surface area contributed by atoms with E-state index in [-0.39, 0.29) is 12.1 Å². The molecule has 0 heterocycles. The van der Waals surface area contributed by atoms with Crippen LogP contribution in [0.5, 0.6) is 0 Å². The Labute approximate surface area is 151 Å². The Morgan fingerprint density at radius 2 is 1.80 bits per heavy atom. The van der Waals surface area contributed by atoms with Gasteiger partial charge in [0.2, 0.25) is 0 Å². The molecule has 2 rings (SSSR count). The monoisotopic (exact) mass is 342 g/mol. The number of ether oxygens (including phenoxy) is 2. The number of unbranched alkanes of at least 4 members (excludes halogenated alkanes) is 2. The highest BCUT2D eigenvalue weighted by Gasteiger charge is 2.39. The molecular weight excluding hydrogens is 312 g/mol. The molecule has 0 spiro atoms. The molecular formula is C22H30O3. The topological polar surface area (TPSA) is 35.5 Å². The van der Waals surface area contributed by atoms with Gasteiger partial charge in [0.1, 0.15) is 6.10 Å². The average molecular weight is 342 g/mol. The van der Waals surface area contributed by atoms with Crippen molar-refractivity contribution in [2.75, 3.05) is 7.11 Å². The van der Waals surface area contributed by atoms with Crippen LogP contribution in [0.2, 0.25) is 0 Å². The Kier molecular flexibility index (Phi) is 7.01. The van der Waals surface area contributed by atoms with Gasteiger partial charge in [-0.05, 0) is 37.0 Å². The van der Waals surface area contributed by atoms with Gasteiger partial charge in [-0.3, -0.25) is 0 Å². The van der Waals surface area contributed by atoms with E-state index in [0.717, 1.165) is 42.0 Å². The molecule has 3 heteroatoms. The first-order chi connectivity index (χ1) is 12.1. The zero-order valence-electron chi connectivity index (χ0n) is 15.9. The highest BCUT2D eigenvalue weighted by Crippen LogP contribution is 2.33. The van der Waals surface area contributed by atoms with Gasteiger partial charge in [0.25, 0.3) is 0 Å². The maximum absolute atomic E-state index is 13.0. The van der Waals surface area contributed by atoms with Crippen LogP contribution in [0.15, 0.2) is 42.5 Å². The van der Waals surface area contributed by atoms with Crippen molar-refractivity contribution in [1.29, 1.82) is 0 Å². The van der Waals surface area contributed by atoms with Crippen molar-refractivity contribution in [2.45, 2.75) is 64.6 Å². The molecule has 0 aliphatic heterocycles. The summed E-state index contributed by atoms with van der Waals surface area (Å²) in [6.07, 6.45) is 5.09. The van der Waals surface area contributed by atoms with E-state index in [4.69, 9.17) is 9.47 Å². The number of methoxy groups -OCH3 is 1. The molecule has 0 aromatic heterocycles. The van der Waals surface area contributed by atoms with Gasteiger partial charge in [0, 0.05) is 12.7 Å². The van der Waals surface area contributed by atoms with Gasteiger partial charge in [0.05, 0.1) is 0 Å². The van der Waals surface area contributed by atoms with Gasteiger partial charge in [0.15, 0.2) is 5.60 Å². The third kappa shape index (κ3) is 4.40. The predicted octanol–water partition coefficient (Wildman–Crippen LogP) is 5.60. The molecule has 0 N–H and O–H groups in total. The van der Waals surface area contributed by atoms with E-state index in [0.29, 0.717) is 0 Å². The van der Waals surface area contributed by atoms with Crippen LogP contribution in [0.1, 0.15) is 58.4 Å². The van der Waals surface area contributed by atoms with E-state index in [1.165, 1.54) is 6.42 Å². The smallest absolute Gasteiger partial charge is 0.343 e. The van der Waals surface area contributed by atoms with Crippen molar-refractivity contribution in [2.24, 2.45) is 0 Å². The molecule has 136 valence electrons. The second kappa shape index (κ2) is 9.00. The van der Waals surface area contributed by atoms with Crippen molar-refractivity contribution in [3.05, 3.63) is 48.0 Å². The van der Waals surface area contributed by atoms with Crippen LogP contribution in [0.3, 0.4) is 0 Å². The van der Waals surface area contributed by atoms with Crippen LogP contribution in [0.25, 0.3) is 10.8 Å². The number of esters is 1.